The maximum absolute atomic E-state index is 12.8. The van der Waals surface area contributed by atoms with E-state index in [2.05, 4.69) is 5.32 Å². The van der Waals surface area contributed by atoms with Gasteiger partial charge >= 0.3 is 6.18 Å². The molecule has 0 aromatic heterocycles. The predicted octanol–water partition coefficient (Wildman–Crippen LogP) is 5.36. The van der Waals surface area contributed by atoms with E-state index < -0.39 is 17.8 Å². The molecule has 2 fully saturated rings. The van der Waals surface area contributed by atoms with E-state index in [1.54, 1.807) is 23.1 Å². The molecule has 2 atom stereocenters. The van der Waals surface area contributed by atoms with Crippen LogP contribution in [0.5, 0.6) is 5.75 Å². The maximum atomic E-state index is 12.8. The normalized spacial score (nSPS) is 20.6. The van der Waals surface area contributed by atoms with Gasteiger partial charge in [0, 0.05) is 37.8 Å². The smallest absolute Gasteiger partial charge is 0.416 e. The second-order valence-electron chi connectivity index (χ2n) is 8.88. The van der Waals surface area contributed by atoms with Crippen molar-refractivity contribution >= 4 is 34.8 Å². The third-order valence-corrected chi connectivity index (χ3v) is 6.70. The van der Waals surface area contributed by atoms with Crippen LogP contribution in [0.25, 0.3) is 0 Å². The SMILES string of the molecule is CC(=O)N1CCCC[C@@H]1C(=O)Nc1ccc(O[C@H]2CCN(c3ccc(C(F)(F)F)cc3)C2)c(Cl)c1. The number of carbonyl (C=O) groups excluding carboxylic acids is 2. The lowest BCUT2D eigenvalue weighted by molar-refractivity contribution is -0.138. The molecular weight excluding hydrogens is 483 g/mol. The van der Waals surface area contributed by atoms with Crippen LogP contribution in [0.15, 0.2) is 42.5 Å². The summed E-state index contributed by atoms with van der Waals surface area (Å²) >= 11 is 6.41. The van der Waals surface area contributed by atoms with Crippen LogP contribution in [0, 0.1) is 0 Å². The molecule has 2 saturated heterocycles. The van der Waals surface area contributed by atoms with Gasteiger partial charge in [-0.05, 0) is 61.7 Å². The molecule has 1 N–H and O–H groups in total. The van der Waals surface area contributed by atoms with Crippen molar-refractivity contribution in [1.82, 2.24) is 4.90 Å². The van der Waals surface area contributed by atoms with Gasteiger partial charge in [-0.1, -0.05) is 11.6 Å². The Morgan fingerprint density at radius 2 is 1.80 bits per heavy atom. The van der Waals surface area contributed by atoms with E-state index in [0.717, 1.165) is 25.0 Å². The third kappa shape index (κ3) is 6.01. The minimum atomic E-state index is -4.36. The topological polar surface area (TPSA) is 61.9 Å². The monoisotopic (exact) mass is 509 g/mol. The molecule has 2 aromatic carbocycles. The van der Waals surface area contributed by atoms with Crippen molar-refractivity contribution in [3.8, 4) is 5.75 Å². The zero-order valence-corrected chi connectivity index (χ0v) is 20.0. The number of likely N-dealkylation sites (tertiary alicyclic amines) is 1. The summed E-state index contributed by atoms with van der Waals surface area (Å²) in [5, 5.41) is 3.18. The van der Waals surface area contributed by atoms with Crippen molar-refractivity contribution in [3.05, 3.63) is 53.1 Å². The highest BCUT2D eigenvalue weighted by atomic mass is 35.5. The number of nitrogens with zero attached hydrogens (tertiary/aromatic N) is 2. The Morgan fingerprint density at radius 3 is 2.46 bits per heavy atom. The Morgan fingerprint density at radius 1 is 1.06 bits per heavy atom. The van der Waals surface area contributed by atoms with Crippen LogP contribution in [-0.2, 0) is 15.8 Å². The fourth-order valence-electron chi connectivity index (χ4n) is 4.58. The standard InChI is InChI=1S/C25H27ClF3N3O3/c1-16(33)32-12-3-2-4-22(32)24(34)30-18-7-10-23(21(26)14-18)35-20-11-13-31(15-20)19-8-5-17(6-9-19)25(27,28)29/h5-10,14,20,22H,2-4,11-13,15H2,1H3,(H,30,34)/t20-,22+/m0/s1. The first-order valence-electron chi connectivity index (χ1n) is 11.6. The van der Waals surface area contributed by atoms with E-state index in [1.165, 1.54) is 19.1 Å². The van der Waals surface area contributed by atoms with Crippen LogP contribution in [0.1, 0.15) is 38.2 Å². The number of nitrogens with one attached hydrogen (secondary N) is 1. The molecule has 0 bridgehead atoms. The van der Waals surface area contributed by atoms with Crippen molar-refractivity contribution in [3.63, 3.8) is 0 Å². The van der Waals surface area contributed by atoms with Gasteiger partial charge in [-0.25, -0.2) is 0 Å². The van der Waals surface area contributed by atoms with E-state index >= 15 is 0 Å². The molecule has 0 spiro atoms. The largest absolute Gasteiger partial charge is 0.487 e. The molecule has 6 nitrogen and oxygen atoms in total. The molecule has 0 unspecified atom stereocenters. The Bertz CT molecular complexity index is 1080. The van der Waals surface area contributed by atoms with Gasteiger partial charge in [-0.15, -0.1) is 0 Å². The minimum Gasteiger partial charge on any atom is -0.487 e. The second-order valence-corrected chi connectivity index (χ2v) is 9.28. The molecule has 2 aliphatic rings. The number of amides is 2. The fraction of sp³-hybridized carbons (Fsp3) is 0.440. The van der Waals surface area contributed by atoms with Gasteiger partial charge in [0.05, 0.1) is 17.1 Å². The van der Waals surface area contributed by atoms with Crippen LogP contribution in [0.2, 0.25) is 5.02 Å². The molecule has 0 radical (unpaired) electrons. The molecule has 2 amide bonds. The second kappa shape index (κ2) is 10.4. The number of hydrogen-bond acceptors (Lipinski definition) is 4. The summed E-state index contributed by atoms with van der Waals surface area (Å²) in [5.41, 5.74) is 0.541. The summed E-state index contributed by atoms with van der Waals surface area (Å²) in [5.74, 6) is 0.105. The van der Waals surface area contributed by atoms with E-state index in [1.807, 2.05) is 4.90 Å². The summed E-state index contributed by atoms with van der Waals surface area (Å²) in [6.45, 7) is 3.21. The molecule has 188 valence electrons. The molecule has 2 heterocycles. The molecular formula is C25H27ClF3N3O3. The zero-order valence-electron chi connectivity index (χ0n) is 19.3. The van der Waals surface area contributed by atoms with Crippen molar-refractivity contribution < 1.29 is 27.5 Å². The fourth-order valence-corrected chi connectivity index (χ4v) is 4.81. The van der Waals surface area contributed by atoms with Gasteiger partial charge in [0.15, 0.2) is 0 Å². The number of alkyl halides is 3. The highest BCUT2D eigenvalue weighted by molar-refractivity contribution is 6.32. The van der Waals surface area contributed by atoms with Crippen LogP contribution < -0.4 is 15.0 Å². The average molecular weight is 510 g/mol. The molecule has 10 heteroatoms. The number of anilines is 2. The van der Waals surface area contributed by atoms with Gasteiger partial charge in [-0.3, -0.25) is 9.59 Å². The van der Waals surface area contributed by atoms with E-state index in [9.17, 15) is 22.8 Å². The van der Waals surface area contributed by atoms with Gasteiger partial charge in [-0.2, -0.15) is 13.2 Å². The summed E-state index contributed by atoms with van der Waals surface area (Å²) < 4.78 is 44.4. The Labute approximate surface area is 207 Å². The number of benzene rings is 2. The quantitative estimate of drug-likeness (QED) is 0.590. The Balaban J connectivity index is 1.34. The van der Waals surface area contributed by atoms with Crippen LogP contribution >= 0.6 is 11.6 Å². The first-order valence-corrected chi connectivity index (χ1v) is 12.0. The van der Waals surface area contributed by atoms with Crippen molar-refractivity contribution in [2.75, 3.05) is 29.9 Å². The number of carbonyl (C=O) groups is 2. The third-order valence-electron chi connectivity index (χ3n) is 6.41. The minimum absolute atomic E-state index is 0.117. The van der Waals surface area contributed by atoms with Gasteiger partial charge < -0.3 is 19.9 Å². The lowest BCUT2D eigenvalue weighted by atomic mass is 10.0. The van der Waals surface area contributed by atoms with E-state index in [-0.39, 0.29) is 17.9 Å². The predicted molar refractivity (Wildman–Crippen MR) is 128 cm³/mol. The van der Waals surface area contributed by atoms with Crippen LogP contribution in [0.3, 0.4) is 0 Å². The zero-order chi connectivity index (χ0) is 25.2. The Hall–Kier alpha value is -2.94. The van der Waals surface area contributed by atoms with Gasteiger partial charge in [0.2, 0.25) is 11.8 Å². The molecule has 0 aliphatic carbocycles. The van der Waals surface area contributed by atoms with E-state index in [0.29, 0.717) is 54.6 Å². The summed E-state index contributed by atoms with van der Waals surface area (Å²) in [6, 6.07) is 9.59. The first kappa shape index (κ1) is 25.2. The van der Waals surface area contributed by atoms with Crippen LogP contribution in [0.4, 0.5) is 24.5 Å². The van der Waals surface area contributed by atoms with Crippen molar-refractivity contribution in [1.29, 1.82) is 0 Å². The number of halogens is 4. The summed E-state index contributed by atoms with van der Waals surface area (Å²) in [4.78, 5) is 28.2. The number of hydrogen-bond donors (Lipinski definition) is 1. The van der Waals surface area contributed by atoms with Gasteiger partial charge in [0.25, 0.3) is 0 Å². The molecule has 4 rings (SSSR count). The molecule has 2 aromatic rings. The molecule has 0 saturated carbocycles. The lowest BCUT2D eigenvalue weighted by Gasteiger charge is -2.33. The van der Waals surface area contributed by atoms with E-state index in [4.69, 9.17) is 16.3 Å². The molecule has 2 aliphatic heterocycles. The first-order chi connectivity index (χ1) is 16.6. The number of rotatable bonds is 5. The Kier molecular flexibility index (Phi) is 7.44. The summed E-state index contributed by atoms with van der Waals surface area (Å²) in [6.07, 6.45) is -1.45. The number of ether oxygens (including phenoxy) is 1. The van der Waals surface area contributed by atoms with Crippen LogP contribution in [-0.4, -0.2) is 48.5 Å². The lowest BCUT2D eigenvalue weighted by Crippen LogP contribution is -2.49. The molecule has 35 heavy (non-hydrogen) atoms. The maximum Gasteiger partial charge on any atom is 0.416 e. The van der Waals surface area contributed by atoms with Crippen molar-refractivity contribution in [2.45, 2.75) is 50.9 Å². The van der Waals surface area contributed by atoms with Crippen molar-refractivity contribution in [2.24, 2.45) is 0 Å². The highest BCUT2D eigenvalue weighted by Gasteiger charge is 2.32. The number of piperidine rings is 1. The highest BCUT2D eigenvalue weighted by Crippen LogP contribution is 2.33. The van der Waals surface area contributed by atoms with Gasteiger partial charge in [0.1, 0.15) is 17.9 Å². The average Bonchev–Trinajstić information content (AvgIpc) is 3.29. The summed E-state index contributed by atoms with van der Waals surface area (Å²) in [7, 11) is 0.